The molecule has 0 heterocycles. The van der Waals surface area contributed by atoms with E-state index in [0.29, 0.717) is 11.3 Å². The van der Waals surface area contributed by atoms with Crippen LogP contribution in [0.4, 0.5) is 30.2 Å². The van der Waals surface area contributed by atoms with E-state index in [1.807, 2.05) is 0 Å². The second-order valence-corrected chi connectivity index (χ2v) is 5.29. The van der Waals surface area contributed by atoms with Crippen LogP contribution < -0.4 is 10.6 Å². The number of hydrogen-bond donors (Lipinski definition) is 2. The van der Waals surface area contributed by atoms with Crippen molar-refractivity contribution in [2.75, 3.05) is 10.6 Å². The summed E-state index contributed by atoms with van der Waals surface area (Å²) < 4.78 is 38.9. The number of alkyl halides is 3. The fourth-order valence-corrected chi connectivity index (χ4v) is 2.19. The molecular formula is C15H12F3N3O2S. The first-order valence-corrected chi connectivity index (χ1v) is 7.08. The van der Waals surface area contributed by atoms with Gasteiger partial charge in [0.2, 0.25) is 0 Å². The molecule has 126 valence electrons. The Morgan fingerprint density at radius 3 is 2.38 bits per heavy atom. The molecule has 0 bridgehead atoms. The van der Waals surface area contributed by atoms with Gasteiger partial charge in [0.15, 0.2) is 5.11 Å². The molecule has 0 atom stereocenters. The summed E-state index contributed by atoms with van der Waals surface area (Å²) in [6.07, 6.45) is -4.53. The third-order valence-electron chi connectivity index (χ3n) is 3.16. The first-order valence-electron chi connectivity index (χ1n) is 6.68. The minimum Gasteiger partial charge on any atom is -0.332 e. The maximum Gasteiger partial charge on any atom is 0.418 e. The predicted molar refractivity (Wildman–Crippen MR) is 89.1 cm³/mol. The fourth-order valence-electron chi connectivity index (χ4n) is 1.97. The monoisotopic (exact) mass is 355 g/mol. The van der Waals surface area contributed by atoms with E-state index in [-0.39, 0.29) is 16.5 Å². The van der Waals surface area contributed by atoms with Gasteiger partial charge >= 0.3 is 6.18 Å². The maximum absolute atomic E-state index is 13.0. The molecule has 0 amide bonds. The van der Waals surface area contributed by atoms with Crippen LogP contribution in [0.5, 0.6) is 0 Å². The van der Waals surface area contributed by atoms with Crippen LogP contribution in [0.25, 0.3) is 0 Å². The summed E-state index contributed by atoms with van der Waals surface area (Å²) in [5, 5.41) is 15.9. The number of para-hydroxylation sites is 1. The average molecular weight is 355 g/mol. The molecule has 2 N–H and O–H groups in total. The summed E-state index contributed by atoms with van der Waals surface area (Å²) in [6.45, 7) is 1.69. The van der Waals surface area contributed by atoms with E-state index < -0.39 is 16.7 Å². The first-order chi connectivity index (χ1) is 11.2. The molecule has 2 aromatic carbocycles. The Balaban J connectivity index is 2.21. The van der Waals surface area contributed by atoms with Crippen LogP contribution in [0.3, 0.4) is 0 Å². The number of nitrogens with one attached hydrogen (secondary N) is 2. The van der Waals surface area contributed by atoms with Crippen molar-refractivity contribution >= 4 is 34.4 Å². The van der Waals surface area contributed by atoms with Gasteiger partial charge < -0.3 is 10.6 Å². The highest BCUT2D eigenvalue weighted by atomic mass is 32.1. The van der Waals surface area contributed by atoms with Crippen LogP contribution in [-0.2, 0) is 6.18 Å². The number of anilines is 2. The molecule has 0 fully saturated rings. The van der Waals surface area contributed by atoms with Gasteiger partial charge in [-0.05, 0) is 36.8 Å². The van der Waals surface area contributed by atoms with Crippen molar-refractivity contribution in [1.29, 1.82) is 0 Å². The molecule has 24 heavy (non-hydrogen) atoms. The van der Waals surface area contributed by atoms with Gasteiger partial charge in [0.05, 0.1) is 16.2 Å². The zero-order valence-electron chi connectivity index (χ0n) is 12.3. The van der Waals surface area contributed by atoms with E-state index in [1.54, 1.807) is 6.92 Å². The highest BCUT2D eigenvalue weighted by Crippen LogP contribution is 2.34. The Labute approximate surface area is 140 Å². The molecule has 0 unspecified atom stereocenters. The molecule has 0 aliphatic carbocycles. The van der Waals surface area contributed by atoms with E-state index in [1.165, 1.54) is 36.4 Å². The molecule has 0 radical (unpaired) electrons. The highest BCUT2D eigenvalue weighted by molar-refractivity contribution is 7.80. The zero-order chi connectivity index (χ0) is 17.9. The summed E-state index contributed by atoms with van der Waals surface area (Å²) in [5.74, 6) is 0. The van der Waals surface area contributed by atoms with Gasteiger partial charge in [0.25, 0.3) is 5.69 Å². The molecule has 5 nitrogen and oxygen atoms in total. The van der Waals surface area contributed by atoms with Crippen LogP contribution in [0.1, 0.15) is 11.1 Å². The molecular weight excluding hydrogens is 343 g/mol. The Morgan fingerprint density at radius 1 is 1.12 bits per heavy atom. The first kappa shape index (κ1) is 17.7. The second kappa shape index (κ2) is 6.83. The fraction of sp³-hybridized carbons (Fsp3) is 0.133. The van der Waals surface area contributed by atoms with Crippen LogP contribution in [0.15, 0.2) is 42.5 Å². The van der Waals surface area contributed by atoms with E-state index in [0.717, 1.165) is 6.07 Å². The summed E-state index contributed by atoms with van der Waals surface area (Å²) in [4.78, 5) is 10.2. The molecule has 0 saturated heterocycles. The van der Waals surface area contributed by atoms with Gasteiger partial charge in [-0.15, -0.1) is 0 Å². The summed E-state index contributed by atoms with van der Waals surface area (Å²) in [7, 11) is 0. The SMILES string of the molecule is Cc1ccc([N+](=O)[O-])cc1NC(=S)Nc1ccccc1C(F)(F)F. The topological polar surface area (TPSA) is 67.2 Å². The van der Waals surface area contributed by atoms with Crippen molar-refractivity contribution in [3.05, 3.63) is 63.7 Å². The quantitative estimate of drug-likeness (QED) is 0.473. The summed E-state index contributed by atoms with van der Waals surface area (Å²) >= 11 is 5.01. The number of nitrogens with zero attached hydrogens (tertiary/aromatic N) is 1. The average Bonchev–Trinajstić information content (AvgIpc) is 2.48. The van der Waals surface area contributed by atoms with Crippen molar-refractivity contribution < 1.29 is 18.1 Å². The van der Waals surface area contributed by atoms with E-state index in [2.05, 4.69) is 10.6 Å². The van der Waals surface area contributed by atoms with Crippen molar-refractivity contribution in [2.45, 2.75) is 13.1 Å². The van der Waals surface area contributed by atoms with Gasteiger partial charge in [-0.2, -0.15) is 13.2 Å². The van der Waals surface area contributed by atoms with Crippen molar-refractivity contribution in [3.8, 4) is 0 Å². The number of benzene rings is 2. The number of thiocarbonyl (C=S) groups is 1. The molecule has 0 spiro atoms. The minimum absolute atomic E-state index is 0.102. The van der Waals surface area contributed by atoms with Gasteiger partial charge in [-0.25, -0.2) is 0 Å². The number of hydrogen-bond acceptors (Lipinski definition) is 3. The van der Waals surface area contributed by atoms with Crippen LogP contribution in [0, 0.1) is 17.0 Å². The largest absolute Gasteiger partial charge is 0.418 e. The molecule has 9 heteroatoms. The lowest BCUT2D eigenvalue weighted by atomic mass is 10.1. The smallest absolute Gasteiger partial charge is 0.332 e. The number of nitro groups is 1. The van der Waals surface area contributed by atoms with Crippen molar-refractivity contribution in [2.24, 2.45) is 0 Å². The second-order valence-electron chi connectivity index (χ2n) is 4.88. The maximum atomic E-state index is 13.0. The van der Waals surface area contributed by atoms with Crippen molar-refractivity contribution in [3.63, 3.8) is 0 Å². The Bertz CT molecular complexity index is 794. The van der Waals surface area contributed by atoms with Crippen molar-refractivity contribution in [1.82, 2.24) is 0 Å². The summed E-state index contributed by atoms with van der Waals surface area (Å²) in [5.41, 5.74) is -0.211. The number of nitro benzene ring substituents is 1. The van der Waals surface area contributed by atoms with Gasteiger partial charge in [0.1, 0.15) is 0 Å². The lowest BCUT2D eigenvalue weighted by Crippen LogP contribution is -2.22. The molecule has 0 saturated carbocycles. The lowest BCUT2D eigenvalue weighted by Gasteiger charge is -2.16. The van der Waals surface area contributed by atoms with E-state index in [4.69, 9.17) is 12.2 Å². The molecule has 0 aliphatic heterocycles. The highest BCUT2D eigenvalue weighted by Gasteiger charge is 2.33. The van der Waals surface area contributed by atoms with E-state index >= 15 is 0 Å². The summed E-state index contributed by atoms with van der Waals surface area (Å²) in [6, 6.07) is 9.01. The molecule has 2 rings (SSSR count). The third-order valence-corrected chi connectivity index (χ3v) is 3.36. The molecule has 0 aliphatic rings. The van der Waals surface area contributed by atoms with Gasteiger partial charge in [-0.3, -0.25) is 10.1 Å². The van der Waals surface area contributed by atoms with Crippen LogP contribution in [0.2, 0.25) is 0 Å². The number of non-ortho nitro benzene ring substituents is 1. The number of rotatable bonds is 3. The Hall–Kier alpha value is -2.68. The Morgan fingerprint density at radius 2 is 1.75 bits per heavy atom. The predicted octanol–water partition coefficient (Wildman–Crippen LogP) is 4.73. The number of halogens is 3. The lowest BCUT2D eigenvalue weighted by molar-refractivity contribution is -0.384. The standard InChI is InChI=1S/C15H12F3N3O2S/c1-9-6-7-10(21(22)23)8-13(9)20-14(24)19-12-5-3-2-4-11(12)15(16,17)18/h2-8H,1H3,(H2,19,20,24). The Kier molecular flexibility index (Phi) is 5.03. The minimum atomic E-state index is -4.53. The van der Waals surface area contributed by atoms with E-state index in [9.17, 15) is 23.3 Å². The van der Waals surface area contributed by atoms with Gasteiger partial charge in [-0.1, -0.05) is 18.2 Å². The third kappa shape index (κ3) is 4.19. The molecule has 2 aromatic rings. The van der Waals surface area contributed by atoms with Crippen LogP contribution >= 0.6 is 12.2 Å². The zero-order valence-corrected chi connectivity index (χ0v) is 13.2. The van der Waals surface area contributed by atoms with Crippen LogP contribution in [-0.4, -0.2) is 10.0 Å². The van der Waals surface area contributed by atoms with Gasteiger partial charge in [0, 0.05) is 17.8 Å². The normalized spacial score (nSPS) is 11.0. The number of aryl methyl sites for hydroxylation is 1. The molecule has 0 aromatic heterocycles.